The Kier molecular flexibility index (Phi) is 4.47. The molecule has 108 valence electrons. The fraction of sp³-hybridized carbons (Fsp3) is 0.600. The monoisotopic (exact) mass is 291 g/mol. The molecule has 1 saturated carbocycles. The standard InChI is InChI=1S/C15H21N3OS/c1-11-4-2-3-5-13(11)19-8-7-16-14-12-6-9-20-15(12)18-10-17-14/h6,9-11,13H,2-5,7-8H2,1H3,(H,16,17,18). The van der Waals surface area contributed by atoms with Crippen LogP contribution in [0.4, 0.5) is 5.82 Å². The predicted octanol–water partition coefficient (Wildman–Crippen LogP) is 3.70. The van der Waals surface area contributed by atoms with E-state index in [1.165, 1.54) is 25.7 Å². The number of thiophene rings is 1. The van der Waals surface area contributed by atoms with Gasteiger partial charge in [0.25, 0.3) is 0 Å². The molecule has 0 radical (unpaired) electrons. The van der Waals surface area contributed by atoms with E-state index in [1.807, 2.05) is 5.38 Å². The van der Waals surface area contributed by atoms with Gasteiger partial charge in [-0.25, -0.2) is 9.97 Å². The molecule has 0 spiro atoms. The van der Waals surface area contributed by atoms with Gasteiger partial charge in [0.2, 0.25) is 0 Å². The third-order valence-corrected chi connectivity index (χ3v) is 4.84. The molecule has 2 heterocycles. The second kappa shape index (κ2) is 6.50. The fourth-order valence-corrected chi connectivity index (χ4v) is 3.57. The Morgan fingerprint density at radius 1 is 1.35 bits per heavy atom. The first-order chi connectivity index (χ1) is 9.84. The van der Waals surface area contributed by atoms with Crippen LogP contribution in [0, 0.1) is 5.92 Å². The molecule has 3 rings (SSSR count). The highest BCUT2D eigenvalue weighted by Crippen LogP contribution is 2.26. The van der Waals surface area contributed by atoms with Crippen molar-refractivity contribution >= 4 is 27.4 Å². The molecule has 20 heavy (non-hydrogen) atoms. The van der Waals surface area contributed by atoms with Gasteiger partial charge in [0.05, 0.1) is 18.1 Å². The van der Waals surface area contributed by atoms with Gasteiger partial charge in [0.1, 0.15) is 17.0 Å². The van der Waals surface area contributed by atoms with Gasteiger partial charge in [-0.3, -0.25) is 0 Å². The molecular formula is C15H21N3OS. The third-order valence-electron chi connectivity index (χ3n) is 4.02. The predicted molar refractivity (Wildman–Crippen MR) is 83.3 cm³/mol. The maximum Gasteiger partial charge on any atom is 0.138 e. The van der Waals surface area contributed by atoms with E-state index >= 15 is 0 Å². The molecule has 2 atom stereocenters. The first kappa shape index (κ1) is 13.8. The van der Waals surface area contributed by atoms with Crippen LogP contribution in [0.25, 0.3) is 10.2 Å². The van der Waals surface area contributed by atoms with Crippen LogP contribution in [0.1, 0.15) is 32.6 Å². The zero-order valence-corrected chi connectivity index (χ0v) is 12.7. The van der Waals surface area contributed by atoms with Crippen molar-refractivity contribution in [2.45, 2.75) is 38.7 Å². The summed E-state index contributed by atoms with van der Waals surface area (Å²) in [5.41, 5.74) is 0. The van der Waals surface area contributed by atoms with Gasteiger partial charge in [-0.15, -0.1) is 11.3 Å². The Morgan fingerprint density at radius 2 is 2.25 bits per heavy atom. The molecule has 5 heteroatoms. The van der Waals surface area contributed by atoms with Crippen molar-refractivity contribution in [1.82, 2.24) is 9.97 Å². The van der Waals surface area contributed by atoms with Crippen LogP contribution in [0.15, 0.2) is 17.8 Å². The van der Waals surface area contributed by atoms with Crippen molar-refractivity contribution in [2.24, 2.45) is 5.92 Å². The van der Waals surface area contributed by atoms with Gasteiger partial charge in [-0.05, 0) is 30.2 Å². The second-order valence-electron chi connectivity index (χ2n) is 5.46. The van der Waals surface area contributed by atoms with Gasteiger partial charge < -0.3 is 10.1 Å². The summed E-state index contributed by atoms with van der Waals surface area (Å²) in [4.78, 5) is 9.59. The molecule has 2 unspecified atom stereocenters. The molecule has 0 aliphatic heterocycles. The van der Waals surface area contributed by atoms with Crippen LogP contribution in [0.3, 0.4) is 0 Å². The summed E-state index contributed by atoms with van der Waals surface area (Å²) in [6.07, 6.45) is 7.24. The van der Waals surface area contributed by atoms with Crippen molar-refractivity contribution in [3.8, 4) is 0 Å². The lowest BCUT2D eigenvalue weighted by Crippen LogP contribution is -2.27. The number of hydrogen-bond donors (Lipinski definition) is 1. The molecule has 1 aliphatic rings. The van der Waals surface area contributed by atoms with Gasteiger partial charge in [-0.1, -0.05) is 19.8 Å². The molecule has 4 nitrogen and oxygen atoms in total. The number of fused-ring (bicyclic) bond motifs is 1. The number of nitrogens with zero attached hydrogens (tertiary/aromatic N) is 2. The molecule has 0 amide bonds. The van der Waals surface area contributed by atoms with Gasteiger partial charge in [0.15, 0.2) is 0 Å². The first-order valence-corrected chi connectivity index (χ1v) is 8.26. The van der Waals surface area contributed by atoms with Crippen molar-refractivity contribution < 1.29 is 4.74 Å². The zero-order valence-electron chi connectivity index (χ0n) is 11.8. The normalized spacial score (nSPS) is 23.1. The summed E-state index contributed by atoms with van der Waals surface area (Å²) in [6, 6.07) is 2.06. The highest BCUT2D eigenvalue weighted by atomic mass is 32.1. The minimum absolute atomic E-state index is 0.442. The minimum atomic E-state index is 0.442. The molecule has 0 bridgehead atoms. The van der Waals surface area contributed by atoms with Crippen molar-refractivity contribution in [1.29, 1.82) is 0 Å². The SMILES string of the molecule is CC1CCCCC1OCCNc1ncnc2sccc12. The third kappa shape index (κ3) is 3.10. The maximum absolute atomic E-state index is 6.01. The van der Waals surface area contributed by atoms with Crippen LogP contribution in [0.5, 0.6) is 0 Å². The van der Waals surface area contributed by atoms with Gasteiger partial charge >= 0.3 is 0 Å². The molecule has 1 aliphatic carbocycles. The van der Waals surface area contributed by atoms with Crippen LogP contribution in [-0.2, 0) is 4.74 Å². The van der Waals surface area contributed by atoms with Crippen LogP contribution in [0.2, 0.25) is 0 Å². The molecule has 2 aromatic heterocycles. The smallest absolute Gasteiger partial charge is 0.138 e. The fourth-order valence-electron chi connectivity index (χ4n) is 2.84. The summed E-state index contributed by atoms with van der Waals surface area (Å²) in [5.74, 6) is 1.61. The largest absolute Gasteiger partial charge is 0.376 e. The second-order valence-corrected chi connectivity index (χ2v) is 6.35. The van der Waals surface area contributed by atoms with Crippen LogP contribution in [-0.4, -0.2) is 29.2 Å². The number of hydrogen-bond acceptors (Lipinski definition) is 5. The lowest BCUT2D eigenvalue weighted by Gasteiger charge is -2.28. The van der Waals surface area contributed by atoms with E-state index in [0.29, 0.717) is 12.0 Å². The van der Waals surface area contributed by atoms with E-state index < -0.39 is 0 Å². The summed E-state index contributed by atoms with van der Waals surface area (Å²) >= 11 is 1.64. The molecule has 0 saturated heterocycles. The maximum atomic E-state index is 6.01. The zero-order chi connectivity index (χ0) is 13.8. The van der Waals surface area contributed by atoms with E-state index in [2.05, 4.69) is 28.3 Å². The Bertz CT molecular complexity index is 557. The first-order valence-electron chi connectivity index (χ1n) is 7.38. The minimum Gasteiger partial charge on any atom is -0.376 e. The van der Waals surface area contributed by atoms with E-state index in [9.17, 15) is 0 Å². The lowest BCUT2D eigenvalue weighted by molar-refractivity contribution is 0.000380. The lowest BCUT2D eigenvalue weighted by atomic mass is 9.88. The van der Waals surface area contributed by atoms with E-state index in [4.69, 9.17) is 4.74 Å². The summed E-state index contributed by atoms with van der Waals surface area (Å²) < 4.78 is 6.01. The van der Waals surface area contributed by atoms with E-state index in [0.717, 1.165) is 29.2 Å². The molecule has 2 aromatic rings. The highest BCUT2D eigenvalue weighted by molar-refractivity contribution is 7.16. The average Bonchev–Trinajstić information content (AvgIpc) is 2.94. The quantitative estimate of drug-likeness (QED) is 0.853. The molecule has 1 N–H and O–H groups in total. The number of ether oxygens (including phenoxy) is 1. The molecular weight excluding hydrogens is 270 g/mol. The molecule has 0 aromatic carbocycles. The van der Waals surface area contributed by atoms with Gasteiger partial charge in [0, 0.05) is 6.54 Å². The summed E-state index contributed by atoms with van der Waals surface area (Å²) in [7, 11) is 0. The number of nitrogens with one attached hydrogen (secondary N) is 1. The Hall–Kier alpha value is -1.20. The number of aromatic nitrogens is 2. The van der Waals surface area contributed by atoms with Crippen molar-refractivity contribution in [2.75, 3.05) is 18.5 Å². The summed E-state index contributed by atoms with van der Waals surface area (Å²) in [5, 5.41) is 6.51. The Balaban J connectivity index is 1.49. The Morgan fingerprint density at radius 3 is 3.15 bits per heavy atom. The van der Waals surface area contributed by atoms with E-state index in [1.54, 1.807) is 17.7 Å². The molecule has 1 fully saturated rings. The van der Waals surface area contributed by atoms with E-state index in [-0.39, 0.29) is 0 Å². The topological polar surface area (TPSA) is 47.0 Å². The highest BCUT2D eigenvalue weighted by Gasteiger charge is 2.21. The Labute approximate surface area is 123 Å². The summed E-state index contributed by atoms with van der Waals surface area (Å²) in [6.45, 7) is 3.84. The van der Waals surface area contributed by atoms with Crippen LogP contribution < -0.4 is 5.32 Å². The van der Waals surface area contributed by atoms with Crippen molar-refractivity contribution in [3.63, 3.8) is 0 Å². The van der Waals surface area contributed by atoms with Gasteiger partial charge in [-0.2, -0.15) is 0 Å². The van der Waals surface area contributed by atoms with Crippen LogP contribution >= 0.6 is 11.3 Å². The van der Waals surface area contributed by atoms with Crippen molar-refractivity contribution in [3.05, 3.63) is 17.8 Å². The number of anilines is 1. The average molecular weight is 291 g/mol. The number of rotatable bonds is 5.